The molecule has 7 nitrogen and oxygen atoms in total. The molecule has 0 spiro atoms. The van der Waals surface area contributed by atoms with Crippen molar-refractivity contribution in [1.29, 1.82) is 4.78 Å². The first-order valence-electron chi connectivity index (χ1n) is 8.71. The van der Waals surface area contributed by atoms with E-state index in [1.165, 1.54) is 44.7 Å². The average molecular weight is 434 g/mol. The van der Waals surface area contributed by atoms with Crippen LogP contribution < -0.4 is 14.8 Å². The van der Waals surface area contributed by atoms with Gasteiger partial charge in [-0.25, -0.2) is 18.0 Å². The Balaban J connectivity index is 1.99. The lowest BCUT2D eigenvalue weighted by atomic mass is 10.0. The molecule has 3 rings (SSSR count). The van der Waals surface area contributed by atoms with Gasteiger partial charge in [0.05, 0.1) is 26.2 Å². The van der Waals surface area contributed by atoms with E-state index in [1.807, 2.05) is 0 Å². The Morgan fingerprint density at radius 2 is 1.83 bits per heavy atom. The van der Waals surface area contributed by atoms with E-state index in [0.717, 1.165) is 6.20 Å². The van der Waals surface area contributed by atoms with E-state index in [4.69, 9.17) is 14.3 Å². The monoisotopic (exact) mass is 434 g/mol. The molecule has 0 saturated heterocycles. The van der Waals surface area contributed by atoms with Crippen LogP contribution in [0.25, 0.3) is 11.1 Å². The van der Waals surface area contributed by atoms with Crippen molar-refractivity contribution in [2.45, 2.75) is 5.75 Å². The molecule has 10 heteroatoms. The summed E-state index contributed by atoms with van der Waals surface area (Å²) in [6, 6.07) is 8.45. The molecule has 0 amide bonds. The van der Waals surface area contributed by atoms with Crippen molar-refractivity contribution in [3.63, 3.8) is 0 Å². The number of halogens is 2. The average Bonchev–Trinajstić information content (AvgIpc) is 2.68. The first kappa shape index (κ1) is 21.4. The van der Waals surface area contributed by atoms with Crippen molar-refractivity contribution in [3.8, 4) is 22.8 Å². The van der Waals surface area contributed by atoms with Crippen molar-refractivity contribution < 1.29 is 22.5 Å². The quantitative estimate of drug-likeness (QED) is 0.574. The zero-order valence-electron chi connectivity index (χ0n) is 16.5. The third-order valence-corrected chi connectivity index (χ3v) is 4.96. The second-order valence-corrected chi connectivity index (χ2v) is 8.87. The minimum atomic E-state index is -2.77. The van der Waals surface area contributed by atoms with E-state index in [9.17, 15) is 13.0 Å². The summed E-state index contributed by atoms with van der Waals surface area (Å²) in [5, 5.41) is 2.95. The van der Waals surface area contributed by atoms with Crippen LogP contribution in [0.2, 0.25) is 0 Å². The van der Waals surface area contributed by atoms with E-state index in [0.29, 0.717) is 16.9 Å². The minimum absolute atomic E-state index is 0.0232. The van der Waals surface area contributed by atoms with Crippen LogP contribution in [0.3, 0.4) is 0 Å². The van der Waals surface area contributed by atoms with Gasteiger partial charge in [0.1, 0.15) is 29.0 Å². The zero-order chi connectivity index (χ0) is 21.9. The van der Waals surface area contributed by atoms with Crippen LogP contribution in [0, 0.1) is 16.4 Å². The summed E-state index contributed by atoms with van der Waals surface area (Å²) in [7, 11) is 0.0385. The lowest BCUT2D eigenvalue weighted by Crippen LogP contribution is -2.04. The normalized spacial score (nSPS) is 12.8. The molecular formula is C20H20F2N4O3S. The highest BCUT2D eigenvalue weighted by atomic mass is 32.2. The van der Waals surface area contributed by atoms with Gasteiger partial charge in [-0.05, 0) is 29.8 Å². The van der Waals surface area contributed by atoms with Crippen LogP contribution in [-0.4, -0.2) is 34.7 Å². The topological polar surface area (TPSA) is 97.2 Å². The molecule has 0 radical (unpaired) electrons. The van der Waals surface area contributed by atoms with Gasteiger partial charge in [-0.3, -0.25) is 4.78 Å². The highest BCUT2D eigenvalue weighted by Gasteiger charge is 2.14. The van der Waals surface area contributed by atoms with E-state index in [1.54, 1.807) is 12.1 Å². The van der Waals surface area contributed by atoms with Gasteiger partial charge in [-0.15, -0.1) is 0 Å². The molecule has 158 valence electrons. The summed E-state index contributed by atoms with van der Waals surface area (Å²) < 4.78 is 57.8. The zero-order valence-corrected chi connectivity index (χ0v) is 17.3. The molecule has 0 aliphatic heterocycles. The number of pyridine rings is 2. The third kappa shape index (κ3) is 5.20. The predicted molar refractivity (Wildman–Crippen MR) is 111 cm³/mol. The van der Waals surface area contributed by atoms with E-state index >= 15 is 0 Å². The molecule has 3 aromatic rings. The van der Waals surface area contributed by atoms with Crippen LogP contribution in [0.4, 0.5) is 20.4 Å². The fourth-order valence-electron chi connectivity index (χ4n) is 2.86. The molecule has 2 heterocycles. The maximum atomic E-state index is 14.5. The second kappa shape index (κ2) is 8.62. The van der Waals surface area contributed by atoms with Gasteiger partial charge in [-0.1, -0.05) is 0 Å². The standard InChI is InChI=1S/C20H20F2N4O3S/c1-28-17-8-13(21)4-5-14(17)15-9-18(24-10-16(15)22)25-19-6-12(11-30(3,23)27)7-20(26-19)29-2/h4-10,23H,11H2,1-3H3,(H,24,25,26). The van der Waals surface area contributed by atoms with Gasteiger partial charge in [0, 0.05) is 39.2 Å². The SMILES string of the molecule is COc1cc(CS(C)(=N)=O)cc(Nc2cc(-c3ccc(F)cc3OC)c(F)cn2)n1. The van der Waals surface area contributed by atoms with Crippen molar-refractivity contribution >= 4 is 21.4 Å². The lowest BCUT2D eigenvalue weighted by Gasteiger charge is -2.13. The molecule has 1 unspecified atom stereocenters. The number of hydrogen-bond donors (Lipinski definition) is 2. The maximum Gasteiger partial charge on any atom is 0.215 e. The third-order valence-electron chi connectivity index (χ3n) is 4.08. The van der Waals surface area contributed by atoms with E-state index < -0.39 is 21.4 Å². The summed E-state index contributed by atoms with van der Waals surface area (Å²) in [6.07, 6.45) is 2.38. The minimum Gasteiger partial charge on any atom is -0.496 e. The van der Waals surface area contributed by atoms with Crippen molar-refractivity contribution in [2.75, 3.05) is 25.8 Å². The van der Waals surface area contributed by atoms with Gasteiger partial charge < -0.3 is 14.8 Å². The number of nitrogens with one attached hydrogen (secondary N) is 2. The van der Waals surface area contributed by atoms with Gasteiger partial charge in [-0.2, -0.15) is 4.98 Å². The predicted octanol–water partition coefficient (Wildman–Crippen LogP) is 4.36. The largest absolute Gasteiger partial charge is 0.496 e. The van der Waals surface area contributed by atoms with Crippen molar-refractivity contribution in [3.05, 3.63) is 59.8 Å². The van der Waals surface area contributed by atoms with Gasteiger partial charge in [0.15, 0.2) is 0 Å². The molecule has 30 heavy (non-hydrogen) atoms. The van der Waals surface area contributed by atoms with Gasteiger partial charge in [0.2, 0.25) is 5.88 Å². The van der Waals surface area contributed by atoms with Crippen molar-refractivity contribution in [1.82, 2.24) is 9.97 Å². The molecule has 2 aromatic heterocycles. The number of aromatic nitrogens is 2. The smallest absolute Gasteiger partial charge is 0.215 e. The Kier molecular flexibility index (Phi) is 6.16. The Morgan fingerprint density at radius 1 is 1.07 bits per heavy atom. The Bertz CT molecular complexity index is 1190. The first-order chi connectivity index (χ1) is 14.2. The number of methoxy groups -OCH3 is 2. The molecular weight excluding hydrogens is 414 g/mol. The highest BCUT2D eigenvalue weighted by molar-refractivity contribution is 7.90. The molecule has 0 aliphatic rings. The molecule has 0 aliphatic carbocycles. The summed E-state index contributed by atoms with van der Waals surface area (Å²) in [5.74, 6) is -0.0443. The fraction of sp³-hybridized carbons (Fsp3) is 0.200. The van der Waals surface area contributed by atoms with Crippen molar-refractivity contribution in [2.24, 2.45) is 0 Å². The lowest BCUT2D eigenvalue weighted by molar-refractivity contribution is 0.398. The Labute approximate surface area is 173 Å². The van der Waals surface area contributed by atoms with E-state index in [2.05, 4.69) is 15.3 Å². The van der Waals surface area contributed by atoms with Crippen LogP contribution in [-0.2, 0) is 15.5 Å². The Hall–Kier alpha value is -3.27. The molecule has 0 bridgehead atoms. The number of benzene rings is 1. The summed E-state index contributed by atoms with van der Waals surface area (Å²) >= 11 is 0. The van der Waals surface area contributed by atoms with E-state index in [-0.39, 0.29) is 28.8 Å². The molecule has 0 fully saturated rings. The van der Waals surface area contributed by atoms with Crippen LogP contribution in [0.1, 0.15) is 5.56 Å². The summed E-state index contributed by atoms with van der Waals surface area (Å²) in [4.78, 5) is 8.27. The van der Waals surface area contributed by atoms with Gasteiger partial charge in [0.25, 0.3) is 0 Å². The number of nitrogens with zero attached hydrogens (tertiary/aromatic N) is 2. The molecule has 1 aromatic carbocycles. The molecule has 0 saturated carbocycles. The van der Waals surface area contributed by atoms with Crippen LogP contribution >= 0.6 is 0 Å². The van der Waals surface area contributed by atoms with Gasteiger partial charge >= 0.3 is 0 Å². The second-order valence-electron chi connectivity index (χ2n) is 6.57. The Morgan fingerprint density at radius 3 is 2.50 bits per heavy atom. The number of ether oxygens (including phenoxy) is 2. The number of hydrogen-bond acceptors (Lipinski definition) is 7. The van der Waals surface area contributed by atoms with Crippen LogP contribution in [0.5, 0.6) is 11.6 Å². The molecule has 2 N–H and O–H groups in total. The summed E-state index contributed by atoms with van der Waals surface area (Å²) in [5.41, 5.74) is 1.12. The number of anilines is 2. The van der Waals surface area contributed by atoms with Crippen LogP contribution in [0.15, 0.2) is 42.6 Å². The molecule has 1 atom stereocenters. The summed E-state index contributed by atoms with van der Waals surface area (Å²) in [6.45, 7) is 0. The number of rotatable bonds is 7. The maximum absolute atomic E-state index is 14.5. The highest BCUT2D eigenvalue weighted by Crippen LogP contribution is 2.34. The fourth-order valence-corrected chi connectivity index (χ4v) is 3.66. The first-order valence-corrected chi connectivity index (χ1v) is 10.8.